The molecule has 1 aliphatic rings. The van der Waals surface area contributed by atoms with Crippen molar-refractivity contribution in [3.63, 3.8) is 0 Å². The lowest BCUT2D eigenvalue weighted by atomic mass is 10.0. The van der Waals surface area contributed by atoms with E-state index in [-0.39, 0.29) is 5.56 Å². The Morgan fingerprint density at radius 3 is 2.42 bits per heavy atom. The number of hydrogen-bond acceptors (Lipinski definition) is 2. The summed E-state index contributed by atoms with van der Waals surface area (Å²) in [6.07, 6.45) is 1.02. The van der Waals surface area contributed by atoms with Crippen LogP contribution in [0.4, 0.5) is 4.39 Å². The van der Waals surface area contributed by atoms with Gasteiger partial charge in [-0.25, -0.2) is 9.18 Å². The van der Waals surface area contributed by atoms with E-state index < -0.39 is 23.7 Å². The van der Waals surface area contributed by atoms with E-state index in [0.29, 0.717) is 24.9 Å². The largest absolute Gasteiger partial charge is 0.480 e. The predicted molar refractivity (Wildman–Crippen MR) is 88.3 cm³/mol. The number of hydrogen-bond donors (Lipinski definition) is 1. The molecule has 1 saturated heterocycles. The van der Waals surface area contributed by atoms with Crippen LogP contribution in [-0.4, -0.2) is 34.5 Å². The average molecular weight is 327 g/mol. The van der Waals surface area contributed by atoms with E-state index in [4.69, 9.17) is 0 Å². The van der Waals surface area contributed by atoms with Crippen LogP contribution in [0.25, 0.3) is 11.1 Å². The van der Waals surface area contributed by atoms with Crippen LogP contribution in [0.15, 0.2) is 42.5 Å². The van der Waals surface area contributed by atoms with Crippen LogP contribution in [0, 0.1) is 12.7 Å². The molecular formula is C19H18FNO3. The van der Waals surface area contributed by atoms with Gasteiger partial charge in [-0.3, -0.25) is 4.79 Å². The molecule has 3 rings (SSSR count). The molecule has 1 amide bonds. The minimum Gasteiger partial charge on any atom is -0.480 e. The van der Waals surface area contributed by atoms with Crippen LogP contribution in [0.2, 0.25) is 0 Å². The lowest BCUT2D eigenvalue weighted by molar-refractivity contribution is -0.141. The summed E-state index contributed by atoms with van der Waals surface area (Å²) in [5.41, 5.74) is 2.57. The third kappa shape index (κ3) is 3.02. The first kappa shape index (κ1) is 16.2. The molecule has 0 unspecified atom stereocenters. The third-order valence-electron chi connectivity index (χ3n) is 4.38. The van der Waals surface area contributed by atoms with Crippen LogP contribution < -0.4 is 0 Å². The van der Waals surface area contributed by atoms with Crippen molar-refractivity contribution in [1.82, 2.24) is 4.90 Å². The summed E-state index contributed by atoms with van der Waals surface area (Å²) in [7, 11) is 0. The minimum absolute atomic E-state index is 0.0842. The van der Waals surface area contributed by atoms with Gasteiger partial charge in [0.2, 0.25) is 0 Å². The van der Waals surface area contributed by atoms with Gasteiger partial charge in [-0.15, -0.1) is 0 Å². The topological polar surface area (TPSA) is 57.6 Å². The highest BCUT2D eigenvalue weighted by atomic mass is 19.1. The van der Waals surface area contributed by atoms with Gasteiger partial charge in [0.1, 0.15) is 11.9 Å². The van der Waals surface area contributed by atoms with Gasteiger partial charge in [0, 0.05) is 6.54 Å². The molecule has 0 aliphatic carbocycles. The third-order valence-corrected chi connectivity index (χ3v) is 4.38. The molecule has 0 radical (unpaired) electrons. The zero-order valence-corrected chi connectivity index (χ0v) is 13.3. The molecule has 1 aliphatic heterocycles. The van der Waals surface area contributed by atoms with E-state index in [0.717, 1.165) is 11.1 Å². The number of rotatable bonds is 3. The smallest absolute Gasteiger partial charge is 0.326 e. The van der Waals surface area contributed by atoms with E-state index in [1.807, 2.05) is 31.2 Å². The molecule has 4 nitrogen and oxygen atoms in total. The summed E-state index contributed by atoms with van der Waals surface area (Å²) < 4.78 is 14.5. The van der Waals surface area contributed by atoms with E-state index in [2.05, 4.69) is 0 Å². The van der Waals surface area contributed by atoms with Crippen LogP contribution in [0.3, 0.4) is 0 Å². The Hall–Kier alpha value is -2.69. The Kier molecular flexibility index (Phi) is 4.34. The maximum atomic E-state index is 14.5. The first-order valence-corrected chi connectivity index (χ1v) is 7.88. The molecule has 0 saturated carbocycles. The van der Waals surface area contributed by atoms with Crippen molar-refractivity contribution < 1.29 is 19.1 Å². The van der Waals surface area contributed by atoms with E-state index in [1.165, 1.54) is 17.0 Å². The summed E-state index contributed by atoms with van der Waals surface area (Å²) in [6.45, 7) is 2.32. The number of halogens is 1. The second-order valence-corrected chi connectivity index (χ2v) is 6.06. The summed E-state index contributed by atoms with van der Waals surface area (Å²) in [5.74, 6) is -2.24. The highest BCUT2D eigenvalue weighted by Gasteiger charge is 2.35. The fraction of sp³-hybridized carbons (Fsp3) is 0.263. The zero-order valence-electron chi connectivity index (χ0n) is 13.3. The number of nitrogens with zero attached hydrogens (tertiary/aromatic N) is 1. The molecule has 124 valence electrons. The average Bonchev–Trinajstić information content (AvgIpc) is 3.05. The van der Waals surface area contributed by atoms with E-state index in [9.17, 15) is 19.1 Å². The summed E-state index contributed by atoms with van der Waals surface area (Å²) in [4.78, 5) is 25.0. The predicted octanol–water partition coefficient (Wildman–Crippen LogP) is 3.49. The SMILES string of the molecule is Cc1ccc(-c2ccc(C(=O)N3CCC[C@@H]3C(=O)O)c(F)c2)cc1. The van der Waals surface area contributed by atoms with Gasteiger partial charge in [0.15, 0.2) is 0 Å². The van der Waals surface area contributed by atoms with Crippen molar-refractivity contribution >= 4 is 11.9 Å². The van der Waals surface area contributed by atoms with Gasteiger partial charge in [-0.05, 0) is 43.0 Å². The molecule has 0 aromatic heterocycles. The summed E-state index contributed by atoms with van der Waals surface area (Å²) >= 11 is 0. The summed E-state index contributed by atoms with van der Waals surface area (Å²) in [5, 5.41) is 9.18. The molecule has 2 aromatic carbocycles. The highest BCUT2D eigenvalue weighted by Crippen LogP contribution is 2.25. The van der Waals surface area contributed by atoms with Gasteiger partial charge >= 0.3 is 5.97 Å². The van der Waals surface area contributed by atoms with Gasteiger partial charge < -0.3 is 10.0 Å². The summed E-state index contributed by atoms with van der Waals surface area (Å²) in [6, 6.07) is 11.2. The van der Waals surface area contributed by atoms with Gasteiger partial charge in [0.05, 0.1) is 5.56 Å². The Morgan fingerprint density at radius 2 is 1.79 bits per heavy atom. The molecule has 5 heteroatoms. The standard InChI is InChI=1S/C19H18FNO3/c1-12-4-6-13(7-5-12)14-8-9-15(16(20)11-14)18(22)21-10-2-3-17(21)19(23)24/h4-9,11,17H,2-3,10H2,1H3,(H,23,24)/t17-/m1/s1. The second kappa shape index (κ2) is 6.43. The first-order valence-electron chi connectivity index (χ1n) is 7.88. The second-order valence-electron chi connectivity index (χ2n) is 6.06. The van der Waals surface area contributed by atoms with Crippen molar-refractivity contribution in [3.8, 4) is 11.1 Å². The van der Waals surface area contributed by atoms with Crippen LogP contribution in [-0.2, 0) is 4.79 Å². The Labute approximate surface area is 139 Å². The molecule has 0 spiro atoms. The number of likely N-dealkylation sites (tertiary alicyclic amines) is 1. The van der Waals surface area contributed by atoms with Crippen molar-refractivity contribution in [3.05, 3.63) is 59.4 Å². The molecule has 1 fully saturated rings. The number of aryl methyl sites for hydroxylation is 1. The Morgan fingerprint density at radius 1 is 1.12 bits per heavy atom. The fourth-order valence-corrected chi connectivity index (χ4v) is 3.04. The van der Waals surface area contributed by atoms with Crippen molar-refractivity contribution in [1.29, 1.82) is 0 Å². The molecule has 2 aromatic rings. The lowest BCUT2D eigenvalue weighted by Crippen LogP contribution is -2.40. The van der Waals surface area contributed by atoms with Gasteiger partial charge in [-0.2, -0.15) is 0 Å². The Bertz CT molecular complexity index is 786. The number of amides is 1. The number of carboxylic acid groups (broad SMARTS) is 1. The van der Waals surface area contributed by atoms with E-state index >= 15 is 0 Å². The van der Waals surface area contributed by atoms with Crippen molar-refractivity contribution in [2.24, 2.45) is 0 Å². The highest BCUT2D eigenvalue weighted by molar-refractivity contribution is 5.97. The number of benzene rings is 2. The normalized spacial score (nSPS) is 17.1. The van der Waals surface area contributed by atoms with Gasteiger partial charge in [-0.1, -0.05) is 35.9 Å². The molecule has 1 N–H and O–H groups in total. The van der Waals surface area contributed by atoms with Crippen LogP contribution in [0.1, 0.15) is 28.8 Å². The number of carboxylic acids is 1. The molecule has 0 bridgehead atoms. The van der Waals surface area contributed by atoms with Crippen LogP contribution >= 0.6 is 0 Å². The minimum atomic E-state index is -1.04. The number of aliphatic carboxylic acids is 1. The quantitative estimate of drug-likeness (QED) is 0.939. The van der Waals surface area contributed by atoms with Crippen molar-refractivity contribution in [2.45, 2.75) is 25.8 Å². The monoisotopic (exact) mass is 327 g/mol. The molecule has 24 heavy (non-hydrogen) atoms. The number of carbonyl (C=O) groups excluding carboxylic acids is 1. The van der Waals surface area contributed by atoms with E-state index in [1.54, 1.807) is 6.07 Å². The molecular weight excluding hydrogens is 309 g/mol. The molecule has 1 heterocycles. The molecule has 1 atom stereocenters. The zero-order chi connectivity index (χ0) is 17.3. The lowest BCUT2D eigenvalue weighted by Gasteiger charge is -2.21. The number of carbonyl (C=O) groups is 2. The van der Waals surface area contributed by atoms with Crippen molar-refractivity contribution in [2.75, 3.05) is 6.54 Å². The maximum absolute atomic E-state index is 14.5. The fourth-order valence-electron chi connectivity index (χ4n) is 3.04. The Balaban J connectivity index is 1.88. The maximum Gasteiger partial charge on any atom is 0.326 e. The van der Waals surface area contributed by atoms with Gasteiger partial charge in [0.25, 0.3) is 5.91 Å². The first-order chi connectivity index (χ1) is 11.5. The van der Waals surface area contributed by atoms with Crippen LogP contribution in [0.5, 0.6) is 0 Å².